The topological polar surface area (TPSA) is 88.8 Å². The van der Waals surface area contributed by atoms with Crippen LogP contribution >= 0.6 is 0 Å². The maximum absolute atomic E-state index is 6.00. The highest BCUT2D eigenvalue weighted by Gasteiger charge is 2.13. The minimum Gasteiger partial charge on any atom is -0.492 e. The number of nitrogens with zero attached hydrogens (tertiary/aromatic N) is 2. The molecule has 0 fully saturated rings. The number of nitrogens with one attached hydrogen (secondary N) is 2. The first-order valence-corrected chi connectivity index (χ1v) is 6.20. The molecule has 0 aliphatic carbocycles. The van der Waals surface area contributed by atoms with E-state index >= 15 is 0 Å². The van der Waals surface area contributed by atoms with Crippen molar-refractivity contribution in [2.75, 3.05) is 18.2 Å². The molecule has 6 heteroatoms. The molecule has 0 aliphatic rings. The predicted octanol–water partition coefficient (Wildman–Crippen LogP) is 2.60. The van der Waals surface area contributed by atoms with E-state index in [1.165, 1.54) is 0 Å². The molecule has 1 aromatic carbocycles. The van der Waals surface area contributed by atoms with Gasteiger partial charge < -0.3 is 15.8 Å². The number of hydrogen-bond donors (Lipinski definition) is 3. The highest BCUT2D eigenvalue weighted by atomic mass is 16.5. The zero-order chi connectivity index (χ0) is 14.1. The summed E-state index contributed by atoms with van der Waals surface area (Å²) in [4.78, 5) is 4.36. The van der Waals surface area contributed by atoms with E-state index in [9.17, 15) is 0 Å². The summed E-state index contributed by atoms with van der Waals surface area (Å²) in [5, 5.41) is 11.9. The number of nitrogen functional groups attached to an aromatic ring is 1. The van der Waals surface area contributed by atoms with Gasteiger partial charge >= 0.3 is 0 Å². The first kappa shape index (κ1) is 12.3. The van der Waals surface area contributed by atoms with Crippen molar-refractivity contribution in [2.45, 2.75) is 6.92 Å². The number of rotatable bonds is 3. The fraction of sp³-hybridized carbons (Fsp3) is 0.143. The number of aromatic nitrogens is 3. The standard InChI is InChI=1S/C14H15N5O/c1-8-7-11(19-18-8)16-14-12(20-2)9-5-3-4-6-10(9)13(15)17-14/h3-7H,1-2H3,(H4,15,16,17,18,19). The van der Waals surface area contributed by atoms with Crippen molar-refractivity contribution in [3.05, 3.63) is 36.0 Å². The van der Waals surface area contributed by atoms with Gasteiger partial charge in [0, 0.05) is 22.5 Å². The van der Waals surface area contributed by atoms with Crippen LogP contribution in [0.15, 0.2) is 30.3 Å². The Labute approximate surface area is 116 Å². The van der Waals surface area contributed by atoms with Gasteiger partial charge in [-0.1, -0.05) is 24.3 Å². The Kier molecular flexibility index (Phi) is 2.90. The molecule has 0 unspecified atom stereocenters. The van der Waals surface area contributed by atoms with E-state index in [0.717, 1.165) is 16.5 Å². The van der Waals surface area contributed by atoms with E-state index in [0.29, 0.717) is 23.2 Å². The Morgan fingerprint density at radius 3 is 2.65 bits per heavy atom. The molecule has 0 spiro atoms. The van der Waals surface area contributed by atoms with E-state index in [4.69, 9.17) is 10.5 Å². The van der Waals surface area contributed by atoms with Crippen LogP contribution in [0.4, 0.5) is 17.5 Å². The third-order valence-corrected chi connectivity index (χ3v) is 3.05. The molecule has 0 saturated heterocycles. The monoisotopic (exact) mass is 269 g/mol. The molecule has 4 N–H and O–H groups in total. The summed E-state index contributed by atoms with van der Waals surface area (Å²) in [5.41, 5.74) is 6.96. The summed E-state index contributed by atoms with van der Waals surface area (Å²) in [6.07, 6.45) is 0. The second-order valence-electron chi connectivity index (χ2n) is 4.49. The molecule has 102 valence electrons. The van der Waals surface area contributed by atoms with E-state index in [2.05, 4.69) is 20.5 Å². The van der Waals surface area contributed by atoms with Crippen LogP contribution in [0.3, 0.4) is 0 Å². The zero-order valence-corrected chi connectivity index (χ0v) is 11.3. The van der Waals surface area contributed by atoms with E-state index < -0.39 is 0 Å². The van der Waals surface area contributed by atoms with E-state index in [1.807, 2.05) is 37.3 Å². The van der Waals surface area contributed by atoms with Crippen LogP contribution in [0.25, 0.3) is 10.8 Å². The normalized spacial score (nSPS) is 10.7. The number of H-pyrrole nitrogens is 1. The molecule has 0 bridgehead atoms. The van der Waals surface area contributed by atoms with Crippen molar-refractivity contribution >= 4 is 28.2 Å². The molecular weight excluding hydrogens is 254 g/mol. The van der Waals surface area contributed by atoms with Gasteiger partial charge in [-0.25, -0.2) is 4.98 Å². The van der Waals surface area contributed by atoms with Crippen molar-refractivity contribution in [1.82, 2.24) is 15.2 Å². The quantitative estimate of drug-likeness (QED) is 0.680. The molecule has 0 radical (unpaired) electrons. The summed E-state index contributed by atoms with van der Waals surface area (Å²) in [6, 6.07) is 9.61. The lowest BCUT2D eigenvalue weighted by atomic mass is 10.1. The smallest absolute Gasteiger partial charge is 0.177 e. The number of fused-ring (bicyclic) bond motifs is 1. The Morgan fingerprint density at radius 2 is 2.00 bits per heavy atom. The third-order valence-electron chi connectivity index (χ3n) is 3.05. The maximum Gasteiger partial charge on any atom is 0.177 e. The van der Waals surface area contributed by atoms with E-state index in [1.54, 1.807) is 7.11 Å². The third kappa shape index (κ3) is 2.01. The summed E-state index contributed by atoms with van der Waals surface area (Å²) in [5.74, 6) is 2.32. The Morgan fingerprint density at radius 1 is 1.25 bits per heavy atom. The second-order valence-corrected chi connectivity index (χ2v) is 4.49. The average Bonchev–Trinajstić information content (AvgIpc) is 2.85. The lowest BCUT2D eigenvalue weighted by molar-refractivity contribution is 0.420. The molecule has 20 heavy (non-hydrogen) atoms. The van der Waals surface area contributed by atoms with Crippen LogP contribution in [-0.2, 0) is 0 Å². The van der Waals surface area contributed by atoms with Gasteiger partial charge in [0.1, 0.15) is 5.82 Å². The second kappa shape index (κ2) is 4.73. The molecule has 6 nitrogen and oxygen atoms in total. The van der Waals surface area contributed by atoms with Gasteiger partial charge in [-0.3, -0.25) is 5.10 Å². The molecular formula is C14H15N5O. The number of methoxy groups -OCH3 is 1. The van der Waals surface area contributed by atoms with Crippen LogP contribution in [-0.4, -0.2) is 22.3 Å². The van der Waals surface area contributed by atoms with Crippen molar-refractivity contribution in [3.63, 3.8) is 0 Å². The van der Waals surface area contributed by atoms with Crippen LogP contribution in [0.2, 0.25) is 0 Å². The fourth-order valence-corrected chi connectivity index (χ4v) is 2.16. The van der Waals surface area contributed by atoms with E-state index in [-0.39, 0.29) is 0 Å². The first-order chi connectivity index (χ1) is 9.69. The molecule has 0 atom stereocenters. The van der Waals surface area contributed by atoms with Crippen LogP contribution in [0.1, 0.15) is 5.69 Å². The number of anilines is 3. The Bertz CT molecular complexity index is 765. The molecule has 0 aliphatic heterocycles. The largest absolute Gasteiger partial charge is 0.492 e. The van der Waals surface area contributed by atoms with Gasteiger partial charge in [-0.15, -0.1) is 0 Å². The zero-order valence-electron chi connectivity index (χ0n) is 11.3. The van der Waals surface area contributed by atoms with Crippen molar-refractivity contribution in [2.24, 2.45) is 0 Å². The van der Waals surface area contributed by atoms with Crippen LogP contribution < -0.4 is 15.8 Å². The molecule has 3 rings (SSSR count). The summed E-state index contributed by atoms with van der Waals surface area (Å²) in [6.45, 7) is 1.93. The number of aryl methyl sites for hydroxylation is 1. The lowest BCUT2D eigenvalue weighted by Gasteiger charge is -2.13. The van der Waals surface area contributed by atoms with Gasteiger partial charge in [-0.2, -0.15) is 5.10 Å². The van der Waals surface area contributed by atoms with Crippen molar-refractivity contribution < 1.29 is 4.74 Å². The van der Waals surface area contributed by atoms with Gasteiger partial charge in [0.25, 0.3) is 0 Å². The molecule has 2 heterocycles. The Balaban J connectivity index is 2.15. The Hall–Kier alpha value is -2.76. The number of aromatic amines is 1. The molecule has 0 saturated carbocycles. The summed E-state index contributed by atoms with van der Waals surface area (Å²) in [7, 11) is 1.61. The van der Waals surface area contributed by atoms with Crippen molar-refractivity contribution in [1.29, 1.82) is 0 Å². The fourth-order valence-electron chi connectivity index (χ4n) is 2.16. The predicted molar refractivity (Wildman–Crippen MR) is 79.3 cm³/mol. The number of hydrogen-bond acceptors (Lipinski definition) is 5. The van der Waals surface area contributed by atoms with Gasteiger partial charge in [-0.05, 0) is 6.92 Å². The maximum atomic E-state index is 6.00. The highest BCUT2D eigenvalue weighted by Crippen LogP contribution is 2.35. The number of nitrogens with two attached hydrogens (primary N) is 1. The highest BCUT2D eigenvalue weighted by molar-refractivity contribution is 5.99. The molecule has 2 aromatic heterocycles. The molecule has 3 aromatic rings. The first-order valence-electron chi connectivity index (χ1n) is 6.20. The number of benzene rings is 1. The van der Waals surface area contributed by atoms with Gasteiger partial charge in [0.2, 0.25) is 0 Å². The minimum atomic E-state index is 0.455. The summed E-state index contributed by atoms with van der Waals surface area (Å²) >= 11 is 0. The van der Waals surface area contributed by atoms with Crippen LogP contribution in [0.5, 0.6) is 5.75 Å². The minimum absolute atomic E-state index is 0.455. The number of pyridine rings is 1. The van der Waals surface area contributed by atoms with Crippen LogP contribution in [0, 0.1) is 6.92 Å². The van der Waals surface area contributed by atoms with Gasteiger partial charge in [0.15, 0.2) is 17.4 Å². The number of ether oxygens (including phenoxy) is 1. The van der Waals surface area contributed by atoms with Gasteiger partial charge in [0.05, 0.1) is 7.11 Å². The lowest BCUT2D eigenvalue weighted by Crippen LogP contribution is -2.02. The summed E-state index contributed by atoms with van der Waals surface area (Å²) < 4.78 is 5.47. The van der Waals surface area contributed by atoms with Crippen molar-refractivity contribution in [3.8, 4) is 5.75 Å². The SMILES string of the molecule is COc1c(Nc2cc(C)[nH]n2)nc(N)c2ccccc12. The average molecular weight is 269 g/mol. The molecule has 0 amide bonds.